The first-order valence-electron chi connectivity index (χ1n) is 6.43. The summed E-state index contributed by atoms with van der Waals surface area (Å²) in [5.41, 5.74) is 5.21. The Balaban J connectivity index is 2.50. The Morgan fingerprint density at radius 2 is 2.05 bits per heavy atom. The van der Waals surface area contributed by atoms with Crippen molar-refractivity contribution in [2.45, 2.75) is 29.9 Å². The monoisotopic (exact) mass is 315 g/mol. The fraction of sp³-hybridized carbons (Fsp3) is 0.385. The molecule has 2 atom stereocenters. The number of hydrogen-bond acceptors (Lipinski definition) is 4. The first-order chi connectivity index (χ1) is 9.85. The summed E-state index contributed by atoms with van der Waals surface area (Å²) in [4.78, 5) is 11.0. The minimum Gasteiger partial charge on any atom is -0.391 e. The van der Waals surface area contributed by atoms with Crippen molar-refractivity contribution in [3.8, 4) is 0 Å². The third-order valence-corrected chi connectivity index (χ3v) is 5.25. The van der Waals surface area contributed by atoms with Gasteiger partial charge in [-0.2, -0.15) is 4.31 Å². The maximum absolute atomic E-state index is 13.8. The normalized spacial score (nSPS) is 24.5. The molecule has 3 N–H and O–H groups in total. The molecule has 6 nitrogen and oxygen atoms in total. The minimum absolute atomic E-state index is 0.0160. The lowest BCUT2D eigenvalue weighted by molar-refractivity contribution is -0.124. The van der Waals surface area contributed by atoms with Crippen LogP contribution in [0.15, 0.2) is 29.2 Å². The summed E-state index contributed by atoms with van der Waals surface area (Å²) in [7, 11) is -4.27. The second-order valence-electron chi connectivity index (χ2n) is 4.76. The number of primary amides is 1. The van der Waals surface area contributed by atoms with Crippen molar-refractivity contribution in [2.24, 2.45) is 5.73 Å². The predicted octanol–water partition coefficient (Wildman–Crippen LogP) is 0.0293. The third-order valence-electron chi connectivity index (χ3n) is 3.34. The SMILES string of the molecule is NC(=O)C1C(O)[CH]CCCN1S(=O)(=O)c1ccccc1F. The lowest BCUT2D eigenvalue weighted by Gasteiger charge is -2.29. The highest BCUT2D eigenvalue weighted by Crippen LogP contribution is 2.26. The van der Waals surface area contributed by atoms with Gasteiger partial charge in [-0.15, -0.1) is 0 Å². The number of nitrogens with zero attached hydrogens (tertiary/aromatic N) is 1. The van der Waals surface area contributed by atoms with Gasteiger partial charge in [-0.25, -0.2) is 12.8 Å². The molecule has 2 rings (SSSR count). The Bertz CT molecular complexity index is 635. The van der Waals surface area contributed by atoms with Gasteiger partial charge in [0.25, 0.3) is 0 Å². The highest BCUT2D eigenvalue weighted by molar-refractivity contribution is 7.89. The zero-order chi connectivity index (χ0) is 15.6. The number of nitrogens with two attached hydrogens (primary N) is 1. The molecule has 1 saturated heterocycles. The predicted molar refractivity (Wildman–Crippen MR) is 72.8 cm³/mol. The van der Waals surface area contributed by atoms with Crippen molar-refractivity contribution in [2.75, 3.05) is 6.54 Å². The first-order valence-corrected chi connectivity index (χ1v) is 7.87. The Kier molecular flexibility index (Phi) is 4.60. The van der Waals surface area contributed by atoms with Gasteiger partial charge in [-0.3, -0.25) is 4.79 Å². The van der Waals surface area contributed by atoms with E-state index in [4.69, 9.17) is 5.73 Å². The lowest BCUT2D eigenvalue weighted by Crippen LogP contribution is -2.53. The van der Waals surface area contributed by atoms with Crippen LogP contribution in [0.1, 0.15) is 12.8 Å². The number of benzene rings is 1. The van der Waals surface area contributed by atoms with E-state index in [0.29, 0.717) is 12.8 Å². The minimum atomic E-state index is -4.27. The number of amides is 1. The van der Waals surface area contributed by atoms with E-state index in [-0.39, 0.29) is 6.54 Å². The number of carbonyl (C=O) groups is 1. The molecule has 1 amide bonds. The maximum atomic E-state index is 13.8. The maximum Gasteiger partial charge on any atom is 0.246 e. The number of sulfonamides is 1. The summed E-state index contributed by atoms with van der Waals surface area (Å²) in [6, 6.07) is 3.45. The van der Waals surface area contributed by atoms with E-state index in [9.17, 15) is 22.7 Å². The molecule has 1 heterocycles. The van der Waals surface area contributed by atoms with Gasteiger partial charge < -0.3 is 10.8 Å². The van der Waals surface area contributed by atoms with Crippen LogP contribution >= 0.6 is 0 Å². The van der Waals surface area contributed by atoms with Crippen LogP contribution < -0.4 is 5.73 Å². The molecule has 1 aromatic carbocycles. The number of aliphatic hydroxyl groups is 1. The average Bonchev–Trinajstić information content (AvgIpc) is 2.61. The average molecular weight is 315 g/mol. The fourth-order valence-corrected chi connectivity index (χ4v) is 4.05. The number of halogens is 1. The van der Waals surface area contributed by atoms with Crippen LogP contribution in [0.4, 0.5) is 4.39 Å². The summed E-state index contributed by atoms with van der Waals surface area (Å²) in [5.74, 6) is -1.89. The van der Waals surface area contributed by atoms with Crippen molar-refractivity contribution in [1.82, 2.24) is 4.31 Å². The first kappa shape index (κ1) is 15.9. The number of rotatable bonds is 3. The molecule has 1 aliphatic rings. The second kappa shape index (κ2) is 6.08. The van der Waals surface area contributed by atoms with E-state index in [2.05, 4.69) is 0 Å². The number of carbonyl (C=O) groups excluding carboxylic acids is 1. The van der Waals surface area contributed by atoms with E-state index >= 15 is 0 Å². The summed E-state index contributed by atoms with van der Waals surface area (Å²) >= 11 is 0. The van der Waals surface area contributed by atoms with Gasteiger partial charge in [0.1, 0.15) is 16.8 Å². The molecule has 2 unspecified atom stereocenters. The van der Waals surface area contributed by atoms with Crippen LogP contribution in [0, 0.1) is 12.2 Å². The van der Waals surface area contributed by atoms with Crippen LogP contribution in [0.25, 0.3) is 0 Å². The number of hydrogen-bond donors (Lipinski definition) is 2. The van der Waals surface area contributed by atoms with Gasteiger partial charge in [0, 0.05) is 6.54 Å². The molecule has 8 heteroatoms. The molecule has 1 aliphatic heterocycles. The van der Waals surface area contributed by atoms with E-state index in [1.807, 2.05) is 0 Å². The van der Waals surface area contributed by atoms with Crippen molar-refractivity contribution in [3.05, 3.63) is 36.5 Å². The van der Waals surface area contributed by atoms with E-state index in [0.717, 1.165) is 16.4 Å². The van der Waals surface area contributed by atoms with E-state index in [1.165, 1.54) is 18.6 Å². The highest BCUT2D eigenvalue weighted by Gasteiger charge is 2.41. The molecule has 1 radical (unpaired) electrons. The molecule has 1 fully saturated rings. The van der Waals surface area contributed by atoms with Crippen LogP contribution in [0.3, 0.4) is 0 Å². The molecule has 0 aromatic heterocycles. The Morgan fingerprint density at radius 3 is 2.67 bits per heavy atom. The van der Waals surface area contributed by atoms with Gasteiger partial charge in [0.05, 0.1) is 6.10 Å². The van der Waals surface area contributed by atoms with Gasteiger partial charge in [0.2, 0.25) is 15.9 Å². The molecule has 0 spiro atoms. The molecule has 115 valence electrons. The van der Waals surface area contributed by atoms with Crippen molar-refractivity contribution in [3.63, 3.8) is 0 Å². The van der Waals surface area contributed by atoms with Gasteiger partial charge in [-0.05, 0) is 31.4 Å². The zero-order valence-electron chi connectivity index (χ0n) is 11.1. The molecular formula is C13H16FN2O4S. The Hall–Kier alpha value is -1.51. The van der Waals surface area contributed by atoms with Crippen molar-refractivity contribution < 1.29 is 22.7 Å². The standard InChI is InChI=1S/C13H16FN2O4S/c14-9-5-1-2-7-11(9)21(19,20)16-8-4-3-6-10(17)12(16)13(15)18/h1-2,5-7,10,12,17H,3-4,8H2,(H2,15,18). The van der Waals surface area contributed by atoms with Crippen LogP contribution in [-0.2, 0) is 14.8 Å². The lowest BCUT2D eigenvalue weighted by atomic mass is 10.1. The quantitative estimate of drug-likeness (QED) is 0.821. The van der Waals surface area contributed by atoms with Gasteiger partial charge >= 0.3 is 0 Å². The van der Waals surface area contributed by atoms with Crippen LogP contribution in [0.5, 0.6) is 0 Å². The second-order valence-corrected chi connectivity index (χ2v) is 6.62. The molecule has 0 aliphatic carbocycles. The fourth-order valence-electron chi connectivity index (χ4n) is 2.33. The molecular weight excluding hydrogens is 299 g/mol. The highest BCUT2D eigenvalue weighted by atomic mass is 32.2. The summed E-state index contributed by atoms with van der Waals surface area (Å²) in [6.07, 6.45) is 0.973. The summed E-state index contributed by atoms with van der Waals surface area (Å²) in [5, 5.41) is 9.91. The van der Waals surface area contributed by atoms with E-state index in [1.54, 1.807) is 0 Å². The Morgan fingerprint density at radius 1 is 1.38 bits per heavy atom. The van der Waals surface area contributed by atoms with Crippen molar-refractivity contribution >= 4 is 15.9 Å². The topological polar surface area (TPSA) is 101 Å². The van der Waals surface area contributed by atoms with Crippen LogP contribution in [-0.4, -0.2) is 42.4 Å². The zero-order valence-corrected chi connectivity index (χ0v) is 12.0. The summed E-state index contributed by atoms with van der Waals surface area (Å²) in [6.45, 7) is -0.0160. The molecule has 0 saturated carbocycles. The largest absolute Gasteiger partial charge is 0.391 e. The molecule has 0 bridgehead atoms. The summed E-state index contributed by atoms with van der Waals surface area (Å²) < 4.78 is 39.7. The molecule has 21 heavy (non-hydrogen) atoms. The Labute approximate surface area is 122 Å². The van der Waals surface area contributed by atoms with E-state index < -0.39 is 38.8 Å². The third kappa shape index (κ3) is 3.07. The van der Waals surface area contributed by atoms with Gasteiger partial charge in [-0.1, -0.05) is 12.1 Å². The van der Waals surface area contributed by atoms with Crippen molar-refractivity contribution in [1.29, 1.82) is 0 Å². The van der Waals surface area contributed by atoms with Gasteiger partial charge in [0.15, 0.2) is 0 Å². The number of aliphatic hydroxyl groups excluding tert-OH is 1. The van der Waals surface area contributed by atoms with Crippen LogP contribution in [0.2, 0.25) is 0 Å². The smallest absolute Gasteiger partial charge is 0.246 e. The molecule has 1 aromatic rings.